The van der Waals surface area contributed by atoms with Gasteiger partial charge in [0.2, 0.25) is 0 Å². The van der Waals surface area contributed by atoms with Gasteiger partial charge < -0.3 is 0 Å². The lowest BCUT2D eigenvalue weighted by atomic mass is 9.69. The van der Waals surface area contributed by atoms with Gasteiger partial charge in [0.25, 0.3) is 0 Å². The Balaban J connectivity index is 3.06. The standard InChI is InChI=1S/C8H11B2Cl/c1-10-8-4-7(11)3-2-6(8)5-9/h2-4,10H,5,9H2,1H3. The Morgan fingerprint density at radius 3 is 2.82 bits per heavy atom. The van der Waals surface area contributed by atoms with Crippen LogP contribution in [0.3, 0.4) is 0 Å². The predicted molar refractivity (Wildman–Crippen MR) is 56.3 cm³/mol. The van der Waals surface area contributed by atoms with Crippen molar-refractivity contribution in [3.63, 3.8) is 0 Å². The molecule has 0 nitrogen and oxygen atoms in total. The molecular formula is C8H11B2Cl. The van der Waals surface area contributed by atoms with E-state index in [-0.39, 0.29) is 0 Å². The zero-order chi connectivity index (χ0) is 8.27. The molecule has 0 radical (unpaired) electrons. The quantitative estimate of drug-likeness (QED) is 0.561. The molecule has 0 spiro atoms. The second-order valence-electron chi connectivity index (χ2n) is 2.62. The van der Waals surface area contributed by atoms with Gasteiger partial charge in [0.1, 0.15) is 7.85 Å². The molecule has 0 aromatic heterocycles. The van der Waals surface area contributed by atoms with Crippen molar-refractivity contribution in [2.45, 2.75) is 13.1 Å². The van der Waals surface area contributed by atoms with Gasteiger partial charge in [0.15, 0.2) is 7.28 Å². The van der Waals surface area contributed by atoms with Crippen molar-refractivity contribution >= 4 is 32.2 Å². The number of rotatable bonds is 2. The van der Waals surface area contributed by atoms with Crippen molar-refractivity contribution in [2.75, 3.05) is 0 Å². The summed E-state index contributed by atoms with van der Waals surface area (Å²) in [7, 11) is 3.24. The van der Waals surface area contributed by atoms with Crippen LogP contribution in [0.1, 0.15) is 5.56 Å². The van der Waals surface area contributed by atoms with E-state index in [2.05, 4.69) is 26.8 Å². The average molecular weight is 164 g/mol. The van der Waals surface area contributed by atoms with E-state index in [0.29, 0.717) is 0 Å². The minimum atomic E-state index is 0.846. The van der Waals surface area contributed by atoms with Gasteiger partial charge in [-0.05, 0) is 12.1 Å². The molecule has 0 saturated heterocycles. The molecule has 0 N–H and O–H groups in total. The Morgan fingerprint density at radius 2 is 2.27 bits per heavy atom. The summed E-state index contributed by atoms with van der Waals surface area (Å²) in [4.78, 5) is 0. The molecule has 0 amide bonds. The molecule has 0 saturated carbocycles. The fourth-order valence-electron chi connectivity index (χ4n) is 1.27. The number of halogens is 1. The maximum atomic E-state index is 5.85. The van der Waals surface area contributed by atoms with Crippen LogP contribution in [0, 0.1) is 0 Å². The Hall–Kier alpha value is -0.360. The number of benzene rings is 1. The van der Waals surface area contributed by atoms with E-state index >= 15 is 0 Å². The largest absolute Gasteiger partial charge is 0.154 e. The lowest BCUT2D eigenvalue weighted by Crippen LogP contribution is -2.16. The molecule has 11 heavy (non-hydrogen) atoms. The maximum Gasteiger partial charge on any atom is 0.154 e. The summed E-state index contributed by atoms with van der Waals surface area (Å²) in [6.45, 7) is 2.16. The third-order valence-electron chi connectivity index (χ3n) is 1.93. The van der Waals surface area contributed by atoms with Gasteiger partial charge in [-0.3, -0.25) is 0 Å². The van der Waals surface area contributed by atoms with E-state index in [9.17, 15) is 0 Å². The van der Waals surface area contributed by atoms with Crippen molar-refractivity contribution in [2.24, 2.45) is 0 Å². The third kappa shape index (κ3) is 2.03. The Morgan fingerprint density at radius 1 is 1.55 bits per heavy atom. The van der Waals surface area contributed by atoms with Crippen molar-refractivity contribution < 1.29 is 0 Å². The van der Waals surface area contributed by atoms with Crippen molar-refractivity contribution in [1.82, 2.24) is 0 Å². The van der Waals surface area contributed by atoms with Crippen molar-refractivity contribution in [3.8, 4) is 0 Å². The highest BCUT2D eigenvalue weighted by Gasteiger charge is 1.98. The lowest BCUT2D eigenvalue weighted by Gasteiger charge is -2.04. The van der Waals surface area contributed by atoms with Gasteiger partial charge in [0.05, 0.1) is 0 Å². The molecule has 56 valence electrons. The Bertz CT molecular complexity index is 248. The summed E-state index contributed by atoms with van der Waals surface area (Å²) < 4.78 is 0. The van der Waals surface area contributed by atoms with E-state index in [1.165, 1.54) is 11.0 Å². The zero-order valence-corrected chi connectivity index (χ0v) is 7.78. The Kier molecular flexibility index (Phi) is 3.07. The first kappa shape index (κ1) is 8.73. The van der Waals surface area contributed by atoms with Crippen LogP contribution >= 0.6 is 11.6 Å². The van der Waals surface area contributed by atoms with Crippen LogP contribution in [0.4, 0.5) is 0 Å². The fraction of sp³-hybridized carbons (Fsp3) is 0.250. The summed E-state index contributed by atoms with van der Waals surface area (Å²) in [6, 6.07) is 6.13. The van der Waals surface area contributed by atoms with Crippen LogP contribution in [-0.4, -0.2) is 15.1 Å². The Labute approximate surface area is 74.6 Å². The summed E-state index contributed by atoms with van der Waals surface area (Å²) >= 11 is 5.85. The van der Waals surface area contributed by atoms with Gasteiger partial charge in [-0.2, -0.15) is 0 Å². The minimum absolute atomic E-state index is 0.846. The SMILES string of the molecule is BCc1ccc(Cl)cc1BC. The highest BCUT2D eigenvalue weighted by molar-refractivity contribution is 6.53. The van der Waals surface area contributed by atoms with Gasteiger partial charge >= 0.3 is 0 Å². The molecule has 1 aromatic rings. The molecule has 0 aliphatic heterocycles. The van der Waals surface area contributed by atoms with Gasteiger partial charge in [0, 0.05) is 5.02 Å². The lowest BCUT2D eigenvalue weighted by molar-refractivity contribution is 1.43. The van der Waals surface area contributed by atoms with Crippen LogP contribution in [-0.2, 0) is 6.32 Å². The third-order valence-corrected chi connectivity index (χ3v) is 2.17. The molecule has 1 aromatic carbocycles. The molecule has 0 unspecified atom stereocenters. The molecule has 0 aliphatic rings. The zero-order valence-electron chi connectivity index (χ0n) is 7.02. The van der Waals surface area contributed by atoms with Gasteiger partial charge in [-0.25, -0.2) is 0 Å². The first-order valence-corrected chi connectivity index (χ1v) is 4.43. The molecule has 0 aliphatic carbocycles. The molecule has 0 bridgehead atoms. The van der Waals surface area contributed by atoms with Gasteiger partial charge in [-0.1, -0.05) is 41.8 Å². The normalized spacial score (nSPS) is 9.64. The summed E-state index contributed by atoms with van der Waals surface area (Å²) in [6.07, 6.45) is 1.10. The summed E-state index contributed by atoms with van der Waals surface area (Å²) in [5.74, 6) is 0. The molecule has 3 heteroatoms. The van der Waals surface area contributed by atoms with E-state index < -0.39 is 0 Å². The van der Waals surface area contributed by atoms with E-state index in [1.807, 2.05) is 6.07 Å². The van der Waals surface area contributed by atoms with Crippen molar-refractivity contribution in [3.05, 3.63) is 28.8 Å². The fourth-order valence-corrected chi connectivity index (χ4v) is 1.46. The van der Waals surface area contributed by atoms with Gasteiger partial charge in [-0.15, -0.1) is 0 Å². The second-order valence-corrected chi connectivity index (χ2v) is 3.06. The van der Waals surface area contributed by atoms with E-state index in [4.69, 9.17) is 11.6 Å². The van der Waals surface area contributed by atoms with Crippen LogP contribution in [0.5, 0.6) is 0 Å². The molecule has 0 heterocycles. The van der Waals surface area contributed by atoms with Crippen LogP contribution in [0.25, 0.3) is 0 Å². The highest BCUT2D eigenvalue weighted by atomic mass is 35.5. The minimum Gasteiger partial charge on any atom is -0.0849 e. The average Bonchev–Trinajstić information content (AvgIpc) is 2.04. The summed E-state index contributed by atoms with van der Waals surface area (Å²) in [5.41, 5.74) is 2.79. The van der Waals surface area contributed by atoms with Crippen molar-refractivity contribution in [1.29, 1.82) is 0 Å². The van der Waals surface area contributed by atoms with E-state index in [1.54, 1.807) is 0 Å². The second kappa shape index (κ2) is 3.87. The van der Waals surface area contributed by atoms with E-state index in [0.717, 1.165) is 18.6 Å². The predicted octanol–water partition coefficient (Wildman–Crippen LogP) is 0.583. The molecular weight excluding hydrogens is 153 g/mol. The molecule has 0 atom stereocenters. The first-order valence-electron chi connectivity index (χ1n) is 4.05. The number of hydrogen-bond donors (Lipinski definition) is 0. The monoisotopic (exact) mass is 164 g/mol. The molecule has 1 rings (SSSR count). The maximum absolute atomic E-state index is 5.85. The highest BCUT2D eigenvalue weighted by Crippen LogP contribution is 2.07. The first-order chi connectivity index (χ1) is 5.27. The smallest absolute Gasteiger partial charge is 0.0849 e. The van der Waals surface area contributed by atoms with Crippen LogP contribution < -0.4 is 5.46 Å². The molecule has 0 fully saturated rings. The summed E-state index contributed by atoms with van der Waals surface area (Å²) in [5, 5.41) is 0.846. The van der Waals surface area contributed by atoms with Crippen LogP contribution in [0.15, 0.2) is 18.2 Å². The topological polar surface area (TPSA) is 0 Å². The number of hydrogen-bond acceptors (Lipinski definition) is 0. The van der Waals surface area contributed by atoms with Crippen LogP contribution in [0.2, 0.25) is 11.8 Å².